The van der Waals surface area contributed by atoms with Gasteiger partial charge in [0.1, 0.15) is 5.82 Å². The molecule has 23 heavy (non-hydrogen) atoms. The van der Waals surface area contributed by atoms with Gasteiger partial charge in [0.05, 0.1) is 23.7 Å². The normalized spacial score (nSPS) is 16.3. The first-order valence-corrected chi connectivity index (χ1v) is 9.02. The number of hydrogen-bond acceptors (Lipinski definition) is 4. The number of sulfonamides is 1. The van der Waals surface area contributed by atoms with Crippen LogP contribution in [0.25, 0.3) is 0 Å². The van der Waals surface area contributed by atoms with E-state index in [9.17, 15) is 17.6 Å². The quantitative estimate of drug-likeness (QED) is 0.808. The number of ether oxygens (including phenoxy) is 1. The maximum absolute atomic E-state index is 14.0. The summed E-state index contributed by atoms with van der Waals surface area (Å²) >= 11 is 0. The Hall–Kier alpha value is -1.51. The van der Waals surface area contributed by atoms with Gasteiger partial charge in [-0.3, -0.25) is 4.79 Å². The van der Waals surface area contributed by atoms with Gasteiger partial charge in [-0.05, 0) is 32.0 Å². The number of nitrogens with zero attached hydrogens (tertiary/aromatic N) is 2. The maximum Gasteiger partial charge on any atom is 0.256 e. The van der Waals surface area contributed by atoms with Crippen LogP contribution in [0.1, 0.15) is 24.2 Å². The SMILES string of the molecule is CCN(CC)C(=O)c1cc(S(=O)(=O)N2CCOCC2)ccc1F. The Morgan fingerprint density at radius 3 is 2.43 bits per heavy atom. The highest BCUT2D eigenvalue weighted by Gasteiger charge is 2.28. The summed E-state index contributed by atoms with van der Waals surface area (Å²) in [6.45, 7) is 5.57. The van der Waals surface area contributed by atoms with Crippen LogP contribution < -0.4 is 0 Å². The molecule has 0 spiro atoms. The van der Waals surface area contributed by atoms with E-state index in [-0.39, 0.29) is 23.5 Å². The summed E-state index contributed by atoms with van der Waals surface area (Å²) in [6.07, 6.45) is 0. The van der Waals surface area contributed by atoms with Gasteiger partial charge in [0.25, 0.3) is 5.91 Å². The smallest absolute Gasteiger partial charge is 0.256 e. The topological polar surface area (TPSA) is 66.9 Å². The van der Waals surface area contributed by atoms with Crippen molar-refractivity contribution in [3.05, 3.63) is 29.6 Å². The van der Waals surface area contributed by atoms with Crippen LogP contribution in [0.5, 0.6) is 0 Å². The number of halogens is 1. The van der Waals surface area contributed by atoms with Crippen molar-refractivity contribution in [1.82, 2.24) is 9.21 Å². The molecule has 0 unspecified atom stereocenters. The molecule has 1 aromatic rings. The fraction of sp³-hybridized carbons (Fsp3) is 0.533. The molecule has 1 saturated heterocycles. The van der Waals surface area contributed by atoms with Crippen molar-refractivity contribution in [3.63, 3.8) is 0 Å². The van der Waals surface area contributed by atoms with Crippen molar-refractivity contribution in [3.8, 4) is 0 Å². The monoisotopic (exact) mass is 344 g/mol. The number of morpholine rings is 1. The number of benzene rings is 1. The van der Waals surface area contributed by atoms with Gasteiger partial charge in [0, 0.05) is 26.2 Å². The fourth-order valence-corrected chi connectivity index (χ4v) is 3.88. The number of carbonyl (C=O) groups excluding carboxylic acids is 1. The van der Waals surface area contributed by atoms with Gasteiger partial charge in [-0.15, -0.1) is 0 Å². The van der Waals surface area contributed by atoms with Crippen molar-refractivity contribution >= 4 is 15.9 Å². The summed E-state index contributed by atoms with van der Waals surface area (Å²) in [5.41, 5.74) is -0.219. The molecule has 1 fully saturated rings. The number of carbonyl (C=O) groups is 1. The third-order valence-corrected chi connectivity index (χ3v) is 5.72. The number of amides is 1. The van der Waals surface area contributed by atoms with Gasteiger partial charge >= 0.3 is 0 Å². The van der Waals surface area contributed by atoms with Crippen LogP contribution in [0.2, 0.25) is 0 Å². The van der Waals surface area contributed by atoms with Crippen molar-refractivity contribution < 1.29 is 22.3 Å². The molecule has 0 radical (unpaired) electrons. The van der Waals surface area contributed by atoms with Crippen LogP contribution in [0.3, 0.4) is 0 Å². The molecular formula is C15H21FN2O4S. The zero-order valence-corrected chi connectivity index (χ0v) is 14.1. The van der Waals surface area contributed by atoms with Crippen LogP contribution in [0.4, 0.5) is 4.39 Å². The predicted molar refractivity (Wildman–Crippen MR) is 83.2 cm³/mol. The summed E-state index contributed by atoms with van der Waals surface area (Å²) < 4.78 is 45.7. The molecule has 0 saturated carbocycles. The standard InChI is InChI=1S/C15H21FN2O4S/c1-3-17(4-2)15(19)13-11-12(5-6-14(13)16)23(20,21)18-7-9-22-10-8-18/h5-6,11H,3-4,7-10H2,1-2H3. The van der Waals surface area contributed by atoms with Crippen LogP contribution >= 0.6 is 0 Å². The average molecular weight is 344 g/mol. The Morgan fingerprint density at radius 1 is 1.26 bits per heavy atom. The summed E-state index contributed by atoms with van der Waals surface area (Å²) in [6, 6.07) is 3.35. The zero-order chi connectivity index (χ0) is 17.0. The first kappa shape index (κ1) is 17.8. The molecule has 0 atom stereocenters. The highest BCUT2D eigenvalue weighted by atomic mass is 32.2. The minimum Gasteiger partial charge on any atom is -0.379 e. The minimum atomic E-state index is -3.76. The summed E-state index contributed by atoms with van der Waals surface area (Å²) in [7, 11) is -3.76. The zero-order valence-electron chi connectivity index (χ0n) is 13.3. The molecule has 1 aliphatic heterocycles. The van der Waals surface area contributed by atoms with Gasteiger partial charge < -0.3 is 9.64 Å². The molecule has 1 aromatic carbocycles. The van der Waals surface area contributed by atoms with Gasteiger partial charge in [-0.2, -0.15) is 4.31 Å². The Balaban J connectivity index is 2.38. The predicted octanol–water partition coefficient (Wildman–Crippen LogP) is 1.33. The first-order chi connectivity index (χ1) is 10.9. The molecule has 0 aliphatic carbocycles. The molecule has 0 aromatic heterocycles. The van der Waals surface area contributed by atoms with Crippen LogP contribution in [-0.2, 0) is 14.8 Å². The Bertz CT molecular complexity index is 668. The Morgan fingerprint density at radius 2 is 1.87 bits per heavy atom. The first-order valence-electron chi connectivity index (χ1n) is 7.58. The molecular weight excluding hydrogens is 323 g/mol. The third-order valence-electron chi connectivity index (χ3n) is 3.83. The van der Waals surface area contributed by atoms with E-state index in [0.29, 0.717) is 26.3 Å². The van der Waals surface area contributed by atoms with Gasteiger partial charge in [-0.25, -0.2) is 12.8 Å². The lowest BCUT2D eigenvalue weighted by Crippen LogP contribution is -2.40. The molecule has 1 amide bonds. The van der Waals surface area contributed by atoms with Crippen molar-refractivity contribution in [2.24, 2.45) is 0 Å². The average Bonchev–Trinajstić information content (AvgIpc) is 2.57. The second-order valence-electron chi connectivity index (χ2n) is 5.14. The van der Waals surface area contributed by atoms with E-state index in [1.54, 1.807) is 13.8 Å². The van der Waals surface area contributed by atoms with E-state index in [1.807, 2.05) is 0 Å². The lowest BCUT2D eigenvalue weighted by Gasteiger charge is -2.26. The molecule has 8 heteroatoms. The van der Waals surface area contributed by atoms with E-state index in [2.05, 4.69) is 0 Å². The van der Waals surface area contributed by atoms with Gasteiger partial charge in [-0.1, -0.05) is 0 Å². The molecule has 1 heterocycles. The Labute approximate surface area is 135 Å². The molecule has 0 N–H and O–H groups in total. The van der Waals surface area contributed by atoms with Crippen LogP contribution in [0, 0.1) is 5.82 Å². The minimum absolute atomic E-state index is 0.0729. The van der Waals surface area contributed by atoms with Crippen LogP contribution in [0.15, 0.2) is 23.1 Å². The largest absolute Gasteiger partial charge is 0.379 e. The molecule has 0 bridgehead atoms. The van der Waals surface area contributed by atoms with Gasteiger partial charge in [0.2, 0.25) is 10.0 Å². The second-order valence-corrected chi connectivity index (χ2v) is 7.07. The van der Waals surface area contributed by atoms with E-state index in [4.69, 9.17) is 4.74 Å². The van der Waals surface area contributed by atoms with E-state index in [0.717, 1.165) is 12.1 Å². The molecule has 2 rings (SSSR count). The Kier molecular flexibility index (Phi) is 5.72. The summed E-state index contributed by atoms with van der Waals surface area (Å²) in [5, 5.41) is 0. The number of hydrogen-bond donors (Lipinski definition) is 0. The second kappa shape index (κ2) is 7.37. The lowest BCUT2D eigenvalue weighted by molar-refractivity contribution is 0.0729. The molecule has 128 valence electrons. The van der Waals surface area contributed by atoms with E-state index in [1.165, 1.54) is 15.3 Å². The van der Waals surface area contributed by atoms with E-state index >= 15 is 0 Å². The van der Waals surface area contributed by atoms with Crippen molar-refractivity contribution in [2.45, 2.75) is 18.7 Å². The summed E-state index contributed by atoms with van der Waals surface area (Å²) in [5.74, 6) is -1.23. The third kappa shape index (κ3) is 3.70. The maximum atomic E-state index is 14.0. The highest BCUT2D eigenvalue weighted by molar-refractivity contribution is 7.89. The molecule has 6 nitrogen and oxygen atoms in total. The fourth-order valence-electron chi connectivity index (χ4n) is 2.45. The molecule has 1 aliphatic rings. The van der Waals surface area contributed by atoms with Crippen molar-refractivity contribution in [2.75, 3.05) is 39.4 Å². The summed E-state index contributed by atoms with van der Waals surface area (Å²) in [4.78, 5) is 13.7. The number of rotatable bonds is 5. The van der Waals surface area contributed by atoms with Crippen molar-refractivity contribution in [1.29, 1.82) is 0 Å². The lowest BCUT2D eigenvalue weighted by atomic mass is 10.2. The van der Waals surface area contributed by atoms with Gasteiger partial charge in [0.15, 0.2) is 0 Å². The van der Waals surface area contributed by atoms with Crippen LogP contribution in [-0.4, -0.2) is 62.9 Å². The van der Waals surface area contributed by atoms with E-state index < -0.39 is 21.7 Å². The highest BCUT2D eigenvalue weighted by Crippen LogP contribution is 2.21.